The van der Waals surface area contributed by atoms with Crippen molar-refractivity contribution in [3.8, 4) is 0 Å². The fourth-order valence-electron chi connectivity index (χ4n) is 2.23. The highest BCUT2D eigenvalue weighted by Gasteiger charge is 2.46. The highest BCUT2D eigenvalue weighted by molar-refractivity contribution is 7.89. The lowest BCUT2D eigenvalue weighted by Crippen LogP contribution is -2.38. The third-order valence-corrected chi connectivity index (χ3v) is 4.81. The summed E-state index contributed by atoms with van der Waals surface area (Å²) in [7, 11) is -2.89. The molecule has 0 unspecified atom stereocenters. The van der Waals surface area contributed by atoms with Gasteiger partial charge in [0, 0.05) is 30.7 Å². The summed E-state index contributed by atoms with van der Waals surface area (Å²) in [5.41, 5.74) is 0.146. The summed E-state index contributed by atoms with van der Waals surface area (Å²) in [6.07, 6.45) is -2.50. The quantitative estimate of drug-likeness (QED) is 0.917. The molecule has 0 bridgehead atoms. The minimum absolute atomic E-state index is 0.112. The Balaban J connectivity index is 2.50. The summed E-state index contributed by atoms with van der Waals surface area (Å²) in [5.74, 6) is 0. The maximum absolute atomic E-state index is 13.4. The van der Waals surface area contributed by atoms with Crippen molar-refractivity contribution in [1.82, 2.24) is 19.5 Å². The second-order valence-corrected chi connectivity index (χ2v) is 6.71. The SMILES string of the molecule is Cc1nn(C)c(C)c1[C@H](NS(=O)(=O)c1cccnc1)C(F)(F)F. The van der Waals surface area contributed by atoms with E-state index in [4.69, 9.17) is 0 Å². The largest absolute Gasteiger partial charge is 0.409 e. The van der Waals surface area contributed by atoms with Crippen LogP contribution in [0.25, 0.3) is 0 Å². The van der Waals surface area contributed by atoms with Gasteiger partial charge < -0.3 is 0 Å². The predicted molar refractivity (Wildman–Crippen MR) is 76.0 cm³/mol. The molecule has 0 aliphatic heterocycles. The van der Waals surface area contributed by atoms with E-state index in [1.54, 1.807) is 4.72 Å². The van der Waals surface area contributed by atoms with Crippen molar-refractivity contribution in [3.05, 3.63) is 41.5 Å². The molecule has 0 saturated heterocycles. The minimum atomic E-state index is -4.81. The predicted octanol–water partition coefficient (Wildman–Crippen LogP) is 2.01. The summed E-state index contributed by atoms with van der Waals surface area (Å²) in [5, 5.41) is 3.92. The molecule has 0 saturated carbocycles. The molecule has 10 heteroatoms. The summed E-state index contributed by atoms with van der Waals surface area (Å²) in [6.45, 7) is 2.85. The lowest BCUT2D eigenvalue weighted by atomic mass is 10.1. The van der Waals surface area contributed by atoms with Crippen molar-refractivity contribution in [1.29, 1.82) is 0 Å². The fraction of sp³-hybridized carbons (Fsp3) is 0.385. The van der Waals surface area contributed by atoms with Crippen LogP contribution in [-0.4, -0.2) is 29.4 Å². The molecule has 2 rings (SSSR count). The average Bonchev–Trinajstić information content (AvgIpc) is 2.70. The van der Waals surface area contributed by atoms with E-state index in [1.165, 1.54) is 43.9 Å². The highest BCUT2D eigenvalue weighted by atomic mass is 32.2. The molecule has 0 spiro atoms. The number of rotatable bonds is 4. The molecule has 1 atom stereocenters. The van der Waals surface area contributed by atoms with Crippen LogP contribution in [0.2, 0.25) is 0 Å². The Kier molecular flexibility index (Phi) is 4.49. The molecule has 0 fully saturated rings. The molecule has 0 amide bonds. The van der Waals surface area contributed by atoms with Gasteiger partial charge in [-0.1, -0.05) is 0 Å². The van der Waals surface area contributed by atoms with E-state index in [1.807, 2.05) is 0 Å². The number of hydrogen-bond acceptors (Lipinski definition) is 4. The maximum Gasteiger partial charge on any atom is 0.409 e. The number of pyridine rings is 1. The van der Waals surface area contributed by atoms with Gasteiger partial charge in [0.05, 0.1) is 5.69 Å². The van der Waals surface area contributed by atoms with E-state index in [0.29, 0.717) is 0 Å². The van der Waals surface area contributed by atoms with E-state index >= 15 is 0 Å². The number of halogens is 3. The highest BCUT2D eigenvalue weighted by Crippen LogP contribution is 2.36. The van der Waals surface area contributed by atoms with Crippen molar-refractivity contribution >= 4 is 10.0 Å². The number of nitrogens with zero attached hydrogens (tertiary/aromatic N) is 3. The Labute approximate surface area is 131 Å². The van der Waals surface area contributed by atoms with Crippen LogP contribution in [-0.2, 0) is 17.1 Å². The molecule has 1 N–H and O–H groups in total. The van der Waals surface area contributed by atoms with Crippen LogP contribution in [0.1, 0.15) is 23.0 Å². The van der Waals surface area contributed by atoms with Gasteiger partial charge in [-0.05, 0) is 26.0 Å². The van der Waals surface area contributed by atoms with Crippen molar-refractivity contribution in [2.45, 2.75) is 31.0 Å². The Hall–Kier alpha value is -1.94. The van der Waals surface area contributed by atoms with Crippen LogP contribution >= 0.6 is 0 Å². The first kappa shape index (κ1) is 17.4. The van der Waals surface area contributed by atoms with Crippen LogP contribution in [0.5, 0.6) is 0 Å². The van der Waals surface area contributed by atoms with E-state index in [-0.39, 0.29) is 21.8 Å². The van der Waals surface area contributed by atoms with E-state index in [9.17, 15) is 21.6 Å². The van der Waals surface area contributed by atoms with Gasteiger partial charge in [0.25, 0.3) is 0 Å². The number of nitrogens with one attached hydrogen (secondary N) is 1. The number of aromatic nitrogens is 3. The lowest BCUT2D eigenvalue weighted by Gasteiger charge is -2.22. The van der Waals surface area contributed by atoms with Crippen molar-refractivity contribution in [2.75, 3.05) is 0 Å². The molecule has 2 heterocycles. The van der Waals surface area contributed by atoms with E-state index < -0.39 is 22.2 Å². The Bertz CT molecular complexity index is 801. The normalized spacial score (nSPS) is 14.0. The lowest BCUT2D eigenvalue weighted by molar-refractivity contribution is -0.153. The zero-order chi connectivity index (χ0) is 17.4. The summed E-state index contributed by atoms with van der Waals surface area (Å²) in [6, 6.07) is 0.116. The third kappa shape index (κ3) is 3.53. The summed E-state index contributed by atoms with van der Waals surface area (Å²) >= 11 is 0. The van der Waals surface area contributed by atoms with Crippen LogP contribution in [0.15, 0.2) is 29.4 Å². The molecule has 2 aromatic heterocycles. The Morgan fingerprint density at radius 3 is 2.39 bits per heavy atom. The number of aryl methyl sites for hydroxylation is 2. The molecule has 0 radical (unpaired) electrons. The molecule has 6 nitrogen and oxygen atoms in total. The topological polar surface area (TPSA) is 76.9 Å². The second kappa shape index (κ2) is 5.93. The van der Waals surface area contributed by atoms with Gasteiger partial charge >= 0.3 is 6.18 Å². The van der Waals surface area contributed by atoms with Crippen LogP contribution in [0, 0.1) is 13.8 Å². The molecule has 126 valence electrons. The molecule has 0 aromatic carbocycles. The molecule has 0 aliphatic carbocycles. The third-order valence-electron chi connectivity index (χ3n) is 3.40. The van der Waals surface area contributed by atoms with Gasteiger partial charge in [0.2, 0.25) is 10.0 Å². The second-order valence-electron chi connectivity index (χ2n) is 4.99. The first-order valence-corrected chi connectivity index (χ1v) is 8.01. The minimum Gasteiger partial charge on any atom is -0.272 e. The fourth-order valence-corrected chi connectivity index (χ4v) is 3.38. The number of alkyl halides is 3. The first-order chi connectivity index (χ1) is 10.5. The summed E-state index contributed by atoms with van der Waals surface area (Å²) < 4.78 is 67.7. The van der Waals surface area contributed by atoms with Crippen molar-refractivity contribution < 1.29 is 21.6 Å². The Morgan fingerprint density at radius 2 is 1.96 bits per heavy atom. The maximum atomic E-state index is 13.4. The van der Waals surface area contributed by atoms with Gasteiger partial charge in [-0.2, -0.15) is 23.0 Å². The zero-order valence-corrected chi connectivity index (χ0v) is 13.4. The monoisotopic (exact) mass is 348 g/mol. The smallest absolute Gasteiger partial charge is 0.272 e. The van der Waals surface area contributed by atoms with Crippen LogP contribution < -0.4 is 4.72 Å². The zero-order valence-electron chi connectivity index (χ0n) is 12.6. The van der Waals surface area contributed by atoms with Gasteiger partial charge in [0.1, 0.15) is 10.9 Å². The van der Waals surface area contributed by atoms with Gasteiger partial charge in [-0.25, -0.2) is 8.42 Å². The average molecular weight is 348 g/mol. The standard InChI is InChI=1S/C13H15F3N4O2S/c1-8-11(9(2)20(3)18-8)12(13(14,15)16)19-23(21,22)10-5-4-6-17-7-10/h4-7,12,19H,1-3H3/t12-/m0/s1. The van der Waals surface area contributed by atoms with E-state index in [0.717, 1.165) is 6.20 Å². The molecule has 23 heavy (non-hydrogen) atoms. The summed E-state index contributed by atoms with van der Waals surface area (Å²) in [4.78, 5) is 3.28. The number of sulfonamides is 1. The molecule has 2 aromatic rings. The molecular formula is C13H15F3N4O2S. The van der Waals surface area contributed by atoms with Gasteiger partial charge in [-0.15, -0.1) is 0 Å². The van der Waals surface area contributed by atoms with Crippen LogP contribution in [0.3, 0.4) is 0 Å². The Morgan fingerprint density at radius 1 is 1.30 bits per heavy atom. The number of hydrogen-bond donors (Lipinski definition) is 1. The van der Waals surface area contributed by atoms with Gasteiger partial charge in [0.15, 0.2) is 0 Å². The van der Waals surface area contributed by atoms with Crippen molar-refractivity contribution in [3.63, 3.8) is 0 Å². The first-order valence-electron chi connectivity index (χ1n) is 6.53. The molecular weight excluding hydrogens is 333 g/mol. The van der Waals surface area contributed by atoms with Gasteiger partial charge in [-0.3, -0.25) is 9.67 Å². The molecule has 0 aliphatic rings. The van der Waals surface area contributed by atoms with Crippen molar-refractivity contribution in [2.24, 2.45) is 7.05 Å². The van der Waals surface area contributed by atoms with E-state index in [2.05, 4.69) is 10.1 Å². The van der Waals surface area contributed by atoms with Crippen LogP contribution in [0.4, 0.5) is 13.2 Å².